The lowest BCUT2D eigenvalue weighted by Crippen LogP contribution is -2.18. The molecule has 0 spiro atoms. The van der Waals surface area contributed by atoms with Gasteiger partial charge in [-0.25, -0.2) is 14.4 Å². The monoisotopic (exact) mass is 563 g/mol. The van der Waals surface area contributed by atoms with Crippen LogP contribution in [0.4, 0.5) is 21.7 Å². The van der Waals surface area contributed by atoms with Crippen LogP contribution in [0.5, 0.6) is 5.75 Å². The minimum absolute atomic E-state index is 0.134. The van der Waals surface area contributed by atoms with Gasteiger partial charge in [0.2, 0.25) is 5.95 Å². The third-order valence-corrected chi connectivity index (χ3v) is 6.59. The Balaban J connectivity index is 1.42. The number of halogens is 1. The van der Waals surface area contributed by atoms with Crippen molar-refractivity contribution in [3.8, 4) is 16.9 Å². The zero-order chi connectivity index (χ0) is 29.8. The number of carbonyl (C=O) groups excluding carboxylic acids is 2. The molecule has 0 saturated heterocycles. The highest BCUT2D eigenvalue weighted by molar-refractivity contribution is 6.05. The maximum atomic E-state index is 14.1. The average molecular weight is 564 g/mol. The second-order valence-corrected chi connectivity index (χ2v) is 10.0. The van der Waals surface area contributed by atoms with Gasteiger partial charge >= 0.3 is 0 Å². The second kappa shape index (κ2) is 12.1. The van der Waals surface area contributed by atoms with E-state index in [4.69, 9.17) is 9.72 Å². The number of carbonyl (C=O) groups is 2. The molecule has 2 amide bonds. The van der Waals surface area contributed by atoms with Crippen LogP contribution in [0.3, 0.4) is 0 Å². The number of amides is 2. The number of fused-ring (bicyclic) bond motifs is 1. The fourth-order valence-electron chi connectivity index (χ4n) is 4.48. The lowest BCUT2D eigenvalue weighted by molar-refractivity contribution is 0.0961. The first-order chi connectivity index (χ1) is 20.2. The molecule has 212 valence electrons. The van der Waals surface area contributed by atoms with Crippen LogP contribution in [-0.2, 0) is 0 Å². The molecule has 1 heterocycles. The zero-order valence-electron chi connectivity index (χ0n) is 23.7. The summed E-state index contributed by atoms with van der Waals surface area (Å²) in [5.74, 6) is -0.109. The minimum Gasteiger partial charge on any atom is -0.490 e. The highest BCUT2D eigenvalue weighted by Gasteiger charge is 2.15. The van der Waals surface area contributed by atoms with E-state index in [9.17, 15) is 14.0 Å². The van der Waals surface area contributed by atoms with Gasteiger partial charge in [-0.3, -0.25) is 9.59 Å². The van der Waals surface area contributed by atoms with E-state index in [1.165, 1.54) is 12.1 Å². The molecule has 0 saturated carbocycles. The number of aryl methyl sites for hydroxylation is 1. The maximum absolute atomic E-state index is 14.1. The molecule has 0 unspecified atom stereocenters. The van der Waals surface area contributed by atoms with E-state index in [0.29, 0.717) is 39.7 Å². The van der Waals surface area contributed by atoms with E-state index < -0.39 is 0 Å². The average Bonchev–Trinajstić information content (AvgIpc) is 2.98. The fourth-order valence-corrected chi connectivity index (χ4v) is 4.48. The van der Waals surface area contributed by atoms with Crippen molar-refractivity contribution < 1.29 is 18.7 Å². The van der Waals surface area contributed by atoms with Crippen molar-refractivity contribution in [1.82, 2.24) is 15.3 Å². The van der Waals surface area contributed by atoms with Crippen LogP contribution in [0.15, 0.2) is 85.1 Å². The molecule has 0 aliphatic rings. The van der Waals surface area contributed by atoms with Crippen LogP contribution in [0.2, 0.25) is 0 Å². The molecule has 0 aliphatic heterocycles. The lowest BCUT2D eigenvalue weighted by atomic mass is 10.0. The standard InChI is InChI=1S/C33H30FN5O3/c1-19(2)42-29-16-24(34)13-15-26(29)27-7-5-6-23-18-36-33(39-30(23)27)37-25-14-8-20(3)28(17-25)38-32(41)22-11-9-21(10-12-22)31(40)35-4/h5-19H,1-4H3,(H,35,40)(H,38,41)(H,36,37,39). The molecule has 0 radical (unpaired) electrons. The van der Waals surface area contributed by atoms with Crippen LogP contribution in [0, 0.1) is 12.7 Å². The van der Waals surface area contributed by atoms with E-state index in [1.807, 2.05) is 51.1 Å². The molecule has 8 nitrogen and oxygen atoms in total. The fraction of sp³-hybridized carbons (Fsp3) is 0.152. The number of nitrogens with one attached hydrogen (secondary N) is 3. The number of hydrogen-bond donors (Lipinski definition) is 3. The Bertz CT molecular complexity index is 1790. The molecule has 5 aromatic rings. The SMILES string of the molecule is CNC(=O)c1ccc(C(=O)Nc2cc(Nc3ncc4cccc(-c5ccc(F)cc5OC(C)C)c4n3)ccc2C)cc1. The molecule has 4 aromatic carbocycles. The minimum atomic E-state index is -0.380. The van der Waals surface area contributed by atoms with E-state index in [-0.39, 0.29) is 23.7 Å². The number of rotatable bonds is 8. The number of aromatic nitrogens is 2. The molecule has 0 aliphatic carbocycles. The maximum Gasteiger partial charge on any atom is 0.255 e. The summed E-state index contributed by atoms with van der Waals surface area (Å²) < 4.78 is 20.0. The zero-order valence-corrected chi connectivity index (χ0v) is 23.7. The van der Waals surface area contributed by atoms with Crippen LogP contribution in [0.25, 0.3) is 22.0 Å². The first-order valence-electron chi connectivity index (χ1n) is 13.5. The van der Waals surface area contributed by atoms with Gasteiger partial charge in [0, 0.05) is 58.3 Å². The summed E-state index contributed by atoms with van der Waals surface area (Å²) in [6, 6.07) is 22.2. The van der Waals surface area contributed by atoms with Crippen molar-refractivity contribution in [1.29, 1.82) is 0 Å². The summed E-state index contributed by atoms with van der Waals surface area (Å²) in [4.78, 5) is 34.0. The Morgan fingerprint density at radius 2 is 1.62 bits per heavy atom. The highest BCUT2D eigenvalue weighted by Crippen LogP contribution is 2.36. The number of anilines is 3. The van der Waals surface area contributed by atoms with Gasteiger partial charge in [0.15, 0.2) is 0 Å². The molecule has 0 fully saturated rings. The summed E-state index contributed by atoms with van der Waals surface area (Å²) >= 11 is 0. The van der Waals surface area contributed by atoms with Crippen LogP contribution in [-0.4, -0.2) is 34.9 Å². The molecule has 9 heteroatoms. The van der Waals surface area contributed by atoms with Crippen LogP contribution < -0.4 is 20.7 Å². The predicted octanol–water partition coefficient (Wildman–Crippen LogP) is 6.89. The summed E-state index contributed by atoms with van der Waals surface area (Å²) in [7, 11) is 1.55. The molecule has 5 rings (SSSR count). The Morgan fingerprint density at radius 1 is 0.881 bits per heavy atom. The summed E-state index contributed by atoms with van der Waals surface area (Å²) in [5, 5.41) is 9.54. The van der Waals surface area contributed by atoms with Crippen molar-refractivity contribution in [2.24, 2.45) is 0 Å². The van der Waals surface area contributed by atoms with E-state index in [1.54, 1.807) is 49.6 Å². The normalized spacial score (nSPS) is 10.9. The first kappa shape index (κ1) is 28.2. The molecular formula is C33H30FN5O3. The Hall–Kier alpha value is -5.31. The Labute approximate surface area is 243 Å². The first-order valence-corrected chi connectivity index (χ1v) is 13.5. The van der Waals surface area contributed by atoms with Crippen molar-refractivity contribution in [3.05, 3.63) is 108 Å². The van der Waals surface area contributed by atoms with Gasteiger partial charge in [-0.2, -0.15) is 0 Å². The van der Waals surface area contributed by atoms with Gasteiger partial charge in [0.25, 0.3) is 11.8 Å². The predicted molar refractivity (Wildman–Crippen MR) is 163 cm³/mol. The van der Waals surface area contributed by atoms with Crippen molar-refractivity contribution in [3.63, 3.8) is 0 Å². The molecular weight excluding hydrogens is 533 g/mol. The Morgan fingerprint density at radius 3 is 2.33 bits per heavy atom. The largest absolute Gasteiger partial charge is 0.490 e. The van der Waals surface area contributed by atoms with Crippen molar-refractivity contribution in [2.45, 2.75) is 26.9 Å². The van der Waals surface area contributed by atoms with Crippen molar-refractivity contribution in [2.75, 3.05) is 17.7 Å². The second-order valence-electron chi connectivity index (χ2n) is 10.0. The van der Waals surface area contributed by atoms with Gasteiger partial charge < -0.3 is 20.7 Å². The molecule has 0 bridgehead atoms. The number of hydrogen-bond acceptors (Lipinski definition) is 6. The number of nitrogens with zero attached hydrogens (tertiary/aromatic N) is 2. The molecule has 0 atom stereocenters. The van der Waals surface area contributed by atoms with Crippen LogP contribution in [0.1, 0.15) is 40.1 Å². The highest BCUT2D eigenvalue weighted by atomic mass is 19.1. The molecule has 3 N–H and O–H groups in total. The molecule has 1 aromatic heterocycles. The van der Waals surface area contributed by atoms with E-state index in [0.717, 1.165) is 22.1 Å². The van der Waals surface area contributed by atoms with Gasteiger partial charge in [-0.15, -0.1) is 0 Å². The summed E-state index contributed by atoms with van der Waals surface area (Å²) in [6.45, 7) is 5.68. The summed E-state index contributed by atoms with van der Waals surface area (Å²) in [6.07, 6.45) is 1.59. The summed E-state index contributed by atoms with van der Waals surface area (Å²) in [5.41, 5.74) is 5.24. The van der Waals surface area contributed by atoms with Gasteiger partial charge in [0.05, 0.1) is 11.6 Å². The number of benzene rings is 4. The Kier molecular flexibility index (Phi) is 8.10. The number of para-hydroxylation sites is 1. The van der Waals surface area contributed by atoms with Gasteiger partial charge in [-0.1, -0.05) is 24.3 Å². The van der Waals surface area contributed by atoms with Crippen LogP contribution >= 0.6 is 0 Å². The van der Waals surface area contributed by atoms with Gasteiger partial charge in [-0.05, 0) is 74.9 Å². The van der Waals surface area contributed by atoms with E-state index in [2.05, 4.69) is 20.9 Å². The third kappa shape index (κ3) is 6.20. The van der Waals surface area contributed by atoms with Gasteiger partial charge in [0.1, 0.15) is 11.6 Å². The topological polar surface area (TPSA) is 105 Å². The van der Waals surface area contributed by atoms with Crippen molar-refractivity contribution >= 4 is 40.0 Å². The molecule has 42 heavy (non-hydrogen) atoms. The third-order valence-electron chi connectivity index (χ3n) is 6.59. The smallest absolute Gasteiger partial charge is 0.255 e. The lowest BCUT2D eigenvalue weighted by Gasteiger charge is -2.16. The number of ether oxygens (including phenoxy) is 1. The quantitative estimate of drug-likeness (QED) is 0.190. The van der Waals surface area contributed by atoms with E-state index >= 15 is 0 Å².